The van der Waals surface area contributed by atoms with Gasteiger partial charge < -0.3 is 10.3 Å². The van der Waals surface area contributed by atoms with Gasteiger partial charge in [-0.2, -0.15) is 0 Å². The van der Waals surface area contributed by atoms with Crippen LogP contribution in [0.15, 0.2) is 30.5 Å². The van der Waals surface area contributed by atoms with Gasteiger partial charge in [0.15, 0.2) is 0 Å². The lowest BCUT2D eigenvalue weighted by Crippen LogP contribution is -1.96. The van der Waals surface area contributed by atoms with E-state index in [1.807, 2.05) is 6.07 Å². The monoisotopic (exact) mass is 272 g/mol. The van der Waals surface area contributed by atoms with E-state index >= 15 is 0 Å². The lowest BCUT2D eigenvalue weighted by Gasteiger charge is -2.06. The molecule has 0 radical (unpaired) electrons. The molecule has 2 rings (SSSR count). The summed E-state index contributed by atoms with van der Waals surface area (Å²) >= 11 is 0. The van der Waals surface area contributed by atoms with E-state index in [4.69, 9.17) is 5.73 Å². The van der Waals surface area contributed by atoms with Gasteiger partial charge in [0.1, 0.15) is 0 Å². The largest absolute Gasteiger partial charge is 0.399 e. The van der Waals surface area contributed by atoms with Crippen LogP contribution in [0.3, 0.4) is 0 Å². The fraction of sp³-hybridized carbons (Fsp3) is 0.556. The molecule has 0 spiro atoms. The molecular weight excluding hydrogens is 244 g/mol. The third-order valence-corrected chi connectivity index (χ3v) is 4.05. The van der Waals surface area contributed by atoms with Crippen molar-refractivity contribution in [1.29, 1.82) is 0 Å². The fourth-order valence-electron chi connectivity index (χ4n) is 2.81. The number of aromatic nitrogens is 1. The molecule has 2 aromatic rings. The number of hydrogen-bond donors (Lipinski definition) is 1. The minimum atomic E-state index is 0.855. The van der Waals surface area contributed by atoms with Gasteiger partial charge in [-0.1, -0.05) is 57.9 Å². The zero-order valence-corrected chi connectivity index (χ0v) is 12.8. The van der Waals surface area contributed by atoms with E-state index in [0.29, 0.717) is 0 Å². The first-order valence-corrected chi connectivity index (χ1v) is 8.15. The molecule has 0 bridgehead atoms. The van der Waals surface area contributed by atoms with E-state index < -0.39 is 0 Å². The van der Waals surface area contributed by atoms with E-state index in [0.717, 1.165) is 12.2 Å². The van der Waals surface area contributed by atoms with Gasteiger partial charge in [0.25, 0.3) is 0 Å². The van der Waals surface area contributed by atoms with Crippen molar-refractivity contribution in [3.8, 4) is 0 Å². The van der Waals surface area contributed by atoms with Crippen molar-refractivity contribution in [3.05, 3.63) is 30.5 Å². The van der Waals surface area contributed by atoms with Crippen molar-refractivity contribution in [2.45, 2.75) is 64.8 Å². The van der Waals surface area contributed by atoms with Crippen molar-refractivity contribution in [2.75, 3.05) is 5.73 Å². The molecule has 2 heteroatoms. The number of aryl methyl sites for hydroxylation is 1. The van der Waals surface area contributed by atoms with Gasteiger partial charge >= 0.3 is 0 Å². The van der Waals surface area contributed by atoms with Gasteiger partial charge in [-0.05, 0) is 30.0 Å². The Morgan fingerprint density at radius 2 is 1.60 bits per heavy atom. The van der Waals surface area contributed by atoms with Crippen LogP contribution in [0.1, 0.15) is 58.3 Å². The van der Waals surface area contributed by atoms with Gasteiger partial charge in [0.2, 0.25) is 0 Å². The Bertz CT molecular complexity index is 513. The second kappa shape index (κ2) is 7.98. The van der Waals surface area contributed by atoms with Crippen molar-refractivity contribution in [2.24, 2.45) is 0 Å². The highest BCUT2D eigenvalue weighted by Gasteiger charge is 2.01. The minimum absolute atomic E-state index is 0.855. The second-order valence-electron chi connectivity index (χ2n) is 5.80. The van der Waals surface area contributed by atoms with Crippen LogP contribution in [0, 0.1) is 0 Å². The topological polar surface area (TPSA) is 30.9 Å². The number of fused-ring (bicyclic) bond motifs is 1. The molecule has 2 nitrogen and oxygen atoms in total. The zero-order valence-electron chi connectivity index (χ0n) is 12.8. The van der Waals surface area contributed by atoms with E-state index in [1.54, 1.807) is 0 Å². The van der Waals surface area contributed by atoms with Gasteiger partial charge in [-0.3, -0.25) is 0 Å². The van der Waals surface area contributed by atoms with Crippen LogP contribution in [-0.2, 0) is 6.54 Å². The summed E-state index contributed by atoms with van der Waals surface area (Å²) in [5, 5.41) is 1.29. The molecule has 0 unspecified atom stereocenters. The predicted octanol–water partition coefficient (Wildman–Crippen LogP) is 5.36. The summed E-state index contributed by atoms with van der Waals surface area (Å²) in [7, 11) is 0. The lowest BCUT2D eigenvalue weighted by atomic mass is 10.1. The molecule has 1 aromatic heterocycles. The molecule has 0 aliphatic carbocycles. The highest BCUT2D eigenvalue weighted by Crippen LogP contribution is 2.19. The van der Waals surface area contributed by atoms with Crippen molar-refractivity contribution < 1.29 is 0 Å². The summed E-state index contributed by atoms with van der Waals surface area (Å²) in [6, 6.07) is 8.34. The molecule has 1 heterocycles. The average Bonchev–Trinajstić information content (AvgIpc) is 2.84. The maximum absolute atomic E-state index is 5.87. The standard InChI is InChI=1S/C18H28N2/c1-2-3-4-5-6-7-8-9-13-20-14-12-16-10-11-17(19)15-18(16)20/h10-12,14-15H,2-9,13,19H2,1H3. The first-order chi connectivity index (χ1) is 9.81. The van der Waals surface area contributed by atoms with Gasteiger partial charge in [0.05, 0.1) is 5.52 Å². The maximum atomic E-state index is 5.87. The third-order valence-electron chi connectivity index (χ3n) is 4.05. The predicted molar refractivity (Wildman–Crippen MR) is 89.0 cm³/mol. The van der Waals surface area contributed by atoms with Crippen LogP contribution in [0.4, 0.5) is 5.69 Å². The van der Waals surface area contributed by atoms with Gasteiger partial charge in [-0.25, -0.2) is 0 Å². The summed E-state index contributed by atoms with van der Waals surface area (Å²) in [5.74, 6) is 0. The van der Waals surface area contributed by atoms with Crippen molar-refractivity contribution in [1.82, 2.24) is 4.57 Å². The number of anilines is 1. The van der Waals surface area contributed by atoms with E-state index in [-0.39, 0.29) is 0 Å². The van der Waals surface area contributed by atoms with Gasteiger partial charge in [0, 0.05) is 18.4 Å². The van der Waals surface area contributed by atoms with Crippen molar-refractivity contribution >= 4 is 16.6 Å². The molecule has 0 fully saturated rings. The average molecular weight is 272 g/mol. The van der Waals surface area contributed by atoms with E-state index in [9.17, 15) is 0 Å². The van der Waals surface area contributed by atoms with Crippen LogP contribution in [0.5, 0.6) is 0 Å². The number of benzene rings is 1. The summed E-state index contributed by atoms with van der Waals surface area (Å²) in [5.41, 5.74) is 8.00. The Kier molecular flexibility index (Phi) is 5.97. The molecule has 2 N–H and O–H groups in total. The number of hydrogen-bond acceptors (Lipinski definition) is 1. The van der Waals surface area contributed by atoms with Crippen LogP contribution in [0.25, 0.3) is 10.9 Å². The smallest absolute Gasteiger partial charge is 0.0500 e. The molecule has 0 saturated heterocycles. The van der Waals surface area contributed by atoms with Crippen molar-refractivity contribution in [3.63, 3.8) is 0 Å². The Hall–Kier alpha value is -1.44. The summed E-state index contributed by atoms with van der Waals surface area (Å²) < 4.78 is 2.34. The molecule has 20 heavy (non-hydrogen) atoms. The van der Waals surface area contributed by atoms with Gasteiger partial charge in [-0.15, -0.1) is 0 Å². The number of nitrogens with zero attached hydrogens (tertiary/aromatic N) is 1. The number of unbranched alkanes of at least 4 members (excludes halogenated alkanes) is 7. The first kappa shape index (κ1) is 15.0. The number of rotatable bonds is 9. The Labute approximate surface area is 123 Å². The first-order valence-electron chi connectivity index (χ1n) is 8.15. The normalized spacial score (nSPS) is 11.2. The summed E-state index contributed by atoms with van der Waals surface area (Å²) in [6.07, 6.45) is 13.1. The lowest BCUT2D eigenvalue weighted by molar-refractivity contribution is 0.549. The number of nitrogen functional groups attached to an aromatic ring is 1. The van der Waals surface area contributed by atoms with Crippen LogP contribution < -0.4 is 5.73 Å². The Morgan fingerprint density at radius 3 is 2.35 bits per heavy atom. The quantitative estimate of drug-likeness (QED) is 0.483. The zero-order chi connectivity index (χ0) is 14.2. The van der Waals surface area contributed by atoms with E-state index in [1.165, 1.54) is 62.3 Å². The molecule has 0 saturated carbocycles. The highest BCUT2D eigenvalue weighted by molar-refractivity contribution is 5.83. The molecule has 0 amide bonds. The summed E-state index contributed by atoms with van der Waals surface area (Å²) in [4.78, 5) is 0. The molecule has 1 aromatic carbocycles. The molecule has 0 aliphatic heterocycles. The fourth-order valence-corrected chi connectivity index (χ4v) is 2.81. The van der Waals surface area contributed by atoms with Crippen LogP contribution in [-0.4, -0.2) is 4.57 Å². The highest BCUT2D eigenvalue weighted by atomic mass is 14.9. The third kappa shape index (κ3) is 4.29. The minimum Gasteiger partial charge on any atom is -0.399 e. The summed E-state index contributed by atoms with van der Waals surface area (Å²) in [6.45, 7) is 3.38. The molecule has 0 atom stereocenters. The van der Waals surface area contributed by atoms with E-state index in [2.05, 4.69) is 35.9 Å². The maximum Gasteiger partial charge on any atom is 0.0500 e. The second-order valence-corrected chi connectivity index (χ2v) is 5.80. The number of nitrogens with two attached hydrogens (primary N) is 1. The molecule has 0 aliphatic rings. The van der Waals surface area contributed by atoms with Crippen LogP contribution in [0.2, 0.25) is 0 Å². The SMILES string of the molecule is CCCCCCCCCCn1ccc2ccc(N)cc21. The Balaban J connectivity index is 1.69. The molecular formula is C18H28N2. The van der Waals surface area contributed by atoms with Crippen LogP contribution >= 0.6 is 0 Å². The molecule has 110 valence electrons. The Morgan fingerprint density at radius 1 is 0.900 bits per heavy atom.